The number of nitrogens with zero attached hydrogens (tertiary/aromatic N) is 3. The quantitative estimate of drug-likeness (QED) is 0.750. The summed E-state index contributed by atoms with van der Waals surface area (Å²) in [6.07, 6.45) is 4.32. The summed E-state index contributed by atoms with van der Waals surface area (Å²) in [6.45, 7) is 7.61. The molecule has 1 aliphatic heterocycles. The van der Waals surface area contributed by atoms with Crippen LogP contribution in [0.15, 0.2) is 0 Å². The van der Waals surface area contributed by atoms with E-state index in [2.05, 4.69) is 28.8 Å². The first-order chi connectivity index (χ1) is 9.19. The lowest BCUT2D eigenvalue weighted by atomic mass is 10.2. The summed E-state index contributed by atoms with van der Waals surface area (Å²) in [7, 11) is 2.08. The number of aryl methyl sites for hydroxylation is 1. The summed E-state index contributed by atoms with van der Waals surface area (Å²) >= 11 is 1.51. The number of anilines is 1. The molecule has 4 nitrogen and oxygen atoms in total. The first-order valence-corrected chi connectivity index (χ1v) is 7.91. The SMILES string of the molecule is CCc1nc(N(C)CC2CCCN2CC)sc1C=O. The predicted octanol–water partition coefficient (Wildman–Crippen LogP) is 2.44. The van der Waals surface area contributed by atoms with Crippen molar-refractivity contribution in [2.75, 3.05) is 31.6 Å². The van der Waals surface area contributed by atoms with E-state index in [0.717, 1.165) is 41.5 Å². The lowest BCUT2D eigenvalue weighted by Gasteiger charge is -2.27. The standard InChI is InChI=1S/C14H23N3OS/c1-4-12-13(10-18)19-14(15-12)16(3)9-11-7-6-8-17(11)5-2/h10-11H,4-9H2,1-3H3. The molecular weight excluding hydrogens is 258 g/mol. The van der Waals surface area contributed by atoms with E-state index in [4.69, 9.17) is 0 Å². The van der Waals surface area contributed by atoms with Crippen LogP contribution < -0.4 is 4.90 Å². The summed E-state index contributed by atoms with van der Waals surface area (Å²) in [6, 6.07) is 0.628. The monoisotopic (exact) mass is 281 g/mol. The van der Waals surface area contributed by atoms with Crippen LogP contribution in [-0.2, 0) is 6.42 Å². The van der Waals surface area contributed by atoms with Crippen LogP contribution in [0.25, 0.3) is 0 Å². The number of rotatable bonds is 6. The van der Waals surface area contributed by atoms with E-state index in [1.165, 1.54) is 30.7 Å². The van der Waals surface area contributed by atoms with Gasteiger partial charge in [-0.25, -0.2) is 4.98 Å². The second-order valence-corrected chi connectivity index (χ2v) is 6.09. The molecule has 5 heteroatoms. The molecule has 0 aliphatic carbocycles. The number of hydrogen-bond donors (Lipinski definition) is 0. The maximum atomic E-state index is 11.0. The van der Waals surface area contributed by atoms with Gasteiger partial charge >= 0.3 is 0 Å². The van der Waals surface area contributed by atoms with Crippen molar-refractivity contribution in [1.29, 1.82) is 0 Å². The van der Waals surface area contributed by atoms with E-state index in [-0.39, 0.29) is 0 Å². The second kappa shape index (κ2) is 6.48. The maximum absolute atomic E-state index is 11.0. The molecule has 1 aromatic heterocycles. The van der Waals surface area contributed by atoms with Crippen LogP contribution in [-0.4, -0.2) is 48.9 Å². The molecule has 0 spiro atoms. The molecule has 0 saturated carbocycles. The molecule has 1 atom stereocenters. The van der Waals surface area contributed by atoms with Crippen molar-refractivity contribution in [3.05, 3.63) is 10.6 Å². The molecular formula is C14H23N3OS. The smallest absolute Gasteiger partial charge is 0.186 e. The molecule has 0 aromatic carbocycles. The van der Waals surface area contributed by atoms with Gasteiger partial charge in [-0.3, -0.25) is 9.69 Å². The fraction of sp³-hybridized carbons (Fsp3) is 0.714. The van der Waals surface area contributed by atoms with Gasteiger partial charge in [0.15, 0.2) is 11.4 Å². The third-order valence-corrected chi connectivity index (χ3v) is 5.01. The summed E-state index contributed by atoms with van der Waals surface area (Å²) in [4.78, 5) is 21.1. The van der Waals surface area contributed by atoms with Gasteiger partial charge in [-0.1, -0.05) is 25.2 Å². The number of aromatic nitrogens is 1. The number of carbonyl (C=O) groups is 1. The van der Waals surface area contributed by atoms with Crippen molar-refractivity contribution in [1.82, 2.24) is 9.88 Å². The fourth-order valence-corrected chi connectivity index (χ4v) is 3.71. The largest absolute Gasteiger partial charge is 0.350 e. The van der Waals surface area contributed by atoms with Gasteiger partial charge < -0.3 is 4.90 Å². The first-order valence-electron chi connectivity index (χ1n) is 7.09. The van der Waals surface area contributed by atoms with Crippen LogP contribution in [0.4, 0.5) is 5.13 Å². The molecule has 1 saturated heterocycles. The molecule has 1 unspecified atom stereocenters. The zero-order valence-corrected chi connectivity index (χ0v) is 12.9. The van der Waals surface area contributed by atoms with Crippen molar-refractivity contribution in [2.24, 2.45) is 0 Å². The van der Waals surface area contributed by atoms with Gasteiger partial charge in [0, 0.05) is 19.6 Å². The lowest BCUT2D eigenvalue weighted by Crippen LogP contribution is -2.38. The van der Waals surface area contributed by atoms with Crippen molar-refractivity contribution in [3.63, 3.8) is 0 Å². The Hall–Kier alpha value is -0.940. The minimum atomic E-state index is 0.628. The lowest BCUT2D eigenvalue weighted by molar-refractivity contribution is 0.112. The number of likely N-dealkylation sites (tertiary alicyclic amines) is 1. The molecule has 1 fully saturated rings. The van der Waals surface area contributed by atoms with Crippen LogP contribution in [0.2, 0.25) is 0 Å². The number of carbonyl (C=O) groups excluding carboxylic acids is 1. The van der Waals surface area contributed by atoms with Gasteiger partial charge in [-0.2, -0.15) is 0 Å². The first kappa shape index (κ1) is 14.5. The molecule has 2 heterocycles. The molecule has 1 aromatic rings. The van der Waals surface area contributed by atoms with Crippen LogP contribution in [0, 0.1) is 0 Å². The van der Waals surface area contributed by atoms with Crippen LogP contribution in [0.5, 0.6) is 0 Å². The van der Waals surface area contributed by atoms with E-state index in [9.17, 15) is 4.79 Å². The van der Waals surface area contributed by atoms with Crippen LogP contribution in [0.1, 0.15) is 42.1 Å². The predicted molar refractivity (Wildman–Crippen MR) is 80.4 cm³/mol. The highest BCUT2D eigenvalue weighted by Gasteiger charge is 2.25. The van der Waals surface area contributed by atoms with Crippen LogP contribution in [0.3, 0.4) is 0 Å². The topological polar surface area (TPSA) is 36.4 Å². The molecule has 0 amide bonds. The molecule has 0 N–H and O–H groups in total. The Kier molecular flexibility index (Phi) is 4.93. The third-order valence-electron chi connectivity index (χ3n) is 3.87. The number of thiazole rings is 1. The van der Waals surface area contributed by atoms with Crippen molar-refractivity contribution in [3.8, 4) is 0 Å². The van der Waals surface area contributed by atoms with E-state index >= 15 is 0 Å². The fourth-order valence-electron chi connectivity index (χ4n) is 2.77. The van der Waals surface area contributed by atoms with E-state index in [1.54, 1.807) is 0 Å². The highest BCUT2D eigenvalue weighted by Crippen LogP contribution is 2.26. The number of hydrogen-bond acceptors (Lipinski definition) is 5. The maximum Gasteiger partial charge on any atom is 0.186 e. The zero-order chi connectivity index (χ0) is 13.8. The zero-order valence-electron chi connectivity index (χ0n) is 12.1. The van der Waals surface area contributed by atoms with Crippen molar-refractivity contribution >= 4 is 22.8 Å². The van der Waals surface area contributed by atoms with Crippen molar-refractivity contribution < 1.29 is 4.79 Å². The average molecular weight is 281 g/mol. The summed E-state index contributed by atoms with van der Waals surface area (Å²) in [5.74, 6) is 0. The Bertz CT molecular complexity index is 432. The van der Waals surface area contributed by atoms with Gasteiger partial charge in [0.05, 0.1) is 10.6 Å². The Morgan fingerprint density at radius 2 is 2.32 bits per heavy atom. The summed E-state index contributed by atoms with van der Waals surface area (Å²) in [5.41, 5.74) is 0.931. The third kappa shape index (κ3) is 3.15. The molecule has 106 valence electrons. The van der Waals surface area contributed by atoms with Gasteiger partial charge in [-0.05, 0) is 32.4 Å². The number of likely N-dealkylation sites (N-methyl/N-ethyl adjacent to an activating group) is 2. The Morgan fingerprint density at radius 1 is 1.53 bits per heavy atom. The van der Waals surface area contributed by atoms with Gasteiger partial charge in [0.25, 0.3) is 0 Å². The number of aldehydes is 1. The van der Waals surface area contributed by atoms with Gasteiger partial charge in [0.2, 0.25) is 0 Å². The van der Waals surface area contributed by atoms with Gasteiger partial charge in [-0.15, -0.1) is 0 Å². The average Bonchev–Trinajstić information content (AvgIpc) is 3.03. The van der Waals surface area contributed by atoms with Crippen molar-refractivity contribution in [2.45, 2.75) is 39.2 Å². The minimum Gasteiger partial charge on any atom is -0.350 e. The van der Waals surface area contributed by atoms with E-state index in [0.29, 0.717) is 6.04 Å². The van der Waals surface area contributed by atoms with E-state index < -0.39 is 0 Å². The minimum absolute atomic E-state index is 0.628. The Morgan fingerprint density at radius 3 is 2.89 bits per heavy atom. The van der Waals surface area contributed by atoms with Crippen LogP contribution >= 0.6 is 11.3 Å². The normalized spacial score (nSPS) is 19.8. The molecule has 0 bridgehead atoms. The molecule has 19 heavy (non-hydrogen) atoms. The summed E-state index contributed by atoms with van der Waals surface area (Å²) in [5, 5.41) is 0.974. The highest BCUT2D eigenvalue weighted by molar-refractivity contribution is 7.17. The molecule has 1 aliphatic rings. The summed E-state index contributed by atoms with van der Waals surface area (Å²) < 4.78 is 0. The Balaban J connectivity index is 2.05. The highest BCUT2D eigenvalue weighted by atomic mass is 32.1. The second-order valence-electron chi connectivity index (χ2n) is 5.08. The Labute approximate surface area is 119 Å². The van der Waals surface area contributed by atoms with Gasteiger partial charge in [0.1, 0.15) is 0 Å². The molecule has 2 rings (SSSR count). The van der Waals surface area contributed by atoms with E-state index in [1.807, 2.05) is 6.92 Å². The molecule has 0 radical (unpaired) electrons.